The molecule has 1 unspecified atom stereocenters. The zero-order valence-electron chi connectivity index (χ0n) is 17.0. The summed E-state index contributed by atoms with van der Waals surface area (Å²) in [6, 6.07) is 15.6. The summed E-state index contributed by atoms with van der Waals surface area (Å²) in [4.78, 5) is 12.9. The van der Waals surface area contributed by atoms with Gasteiger partial charge in [-0.1, -0.05) is 48.5 Å². The molecule has 1 N–H and O–H groups in total. The fourth-order valence-electron chi connectivity index (χ4n) is 4.32. The van der Waals surface area contributed by atoms with Crippen molar-refractivity contribution in [2.75, 3.05) is 26.3 Å². The van der Waals surface area contributed by atoms with Crippen LogP contribution in [0.4, 0.5) is 0 Å². The van der Waals surface area contributed by atoms with Gasteiger partial charge in [-0.2, -0.15) is 4.31 Å². The number of aryl methyl sites for hydroxylation is 1. The van der Waals surface area contributed by atoms with Crippen LogP contribution in [0.3, 0.4) is 0 Å². The first kappa shape index (κ1) is 21.0. The number of nitrogens with one attached hydrogen (secondary N) is 1. The van der Waals surface area contributed by atoms with Gasteiger partial charge in [-0.15, -0.1) is 0 Å². The van der Waals surface area contributed by atoms with E-state index in [-0.39, 0.29) is 17.6 Å². The number of hydrogen-bond acceptors (Lipinski definition) is 4. The van der Waals surface area contributed by atoms with Gasteiger partial charge in [0.15, 0.2) is 0 Å². The van der Waals surface area contributed by atoms with E-state index in [1.165, 1.54) is 9.87 Å². The molecule has 0 spiro atoms. The van der Waals surface area contributed by atoms with Crippen molar-refractivity contribution in [3.63, 3.8) is 0 Å². The van der Waals surface area contributed by atoms with E-state index in [0.717, 1.165) is 36.0 Å². The van der Waals surface area contributed by atoms with Gasteiger partial charge in [-0.3, -0.25) is 4.79 Å². The maximum Gasteiger partial charge on any atom is 0.227 e. The zero-order chi connectivity index (χ0) is 21.0. The Hall–Kier alpha value is -2.22. The van der Waals surface area contributed by atoms with Gasteiger partial charge < -0.3 is 10.1 Å². The third-order valence-electron chi connectivity index (χ3n) is 5.96. The summed E-state index contributed by atoms with van der Waals surface area (Å²) < 4.78 is 32.4. The van der Waals surface area contributed by atoms with Crippen molar-refractivity contribution >= 4 is 15.9 Å². The molecule has 2 aliphatic rings. The first-order valence-electron chi connectivity index (χ1n) is 10.5. The van der Waals surface area contributed by atoms with Gasteiger partial charge in [0.2, 0.25) is 15.9 Å². The highest BCUT2D eigenvalue weighted by atomic mass is 32.2. The van der Waals surface area contributed by atoms with Crippen LogP contribution < -0.4 is 5.32 Å². The van der Waals surface area contributed by atoms with Crippen molar-refractivity contribution < 1.29 is 17.9 Å². The van der Waals surface area contributed by atoms with Crippen molar-refractivity contribution in [2.24, 2.45) is 0 Å². The summed E-state index contributed by atoms with van der Waals surface area (Å²) in [6.45, 7) is 1.97. The maximum atomic E-state index is 12.9. The average molecular weight is 429 g/mol. The number of hydrogen-bond donors (Lipinski definition) is 1. The molecular weight excluding hydrogens is 400 g/mol. The lowest BCUT2D eigenvalue weighted by atomic mass is 9.82. The Balaban J connectivity index is 1.44. The molecule has 1 atom stereocenters. The highest BCUT2D eigenvalue weighted by Gasteiger charge is 2.27. The SMILES string of the molecule is O=C(NCc1ccccc1CS(=O)(=O)N1CCOCC1)C1CCCc2ccccc21. The molecule has 160 valence electrons. The smallest absolute Gasteiger partial charge is 0.227 e. The summed E-state index contributed by atoms with van der Waals surface area (Å²) in [5.74, 6) is -0.196. The number of carbonyl (C=O) groups excluding carboxylic acids is 1. The summed E-state index contributed by atoms with van der Waals surface area (Å²) in [5.41, 5.74) is 3.94. The van der Waals surface area contributed by atoms with Gasteiger partial charge in [0.05, 0.1) is 24.9 Å². The van der Waals surface area contributed by atoms with Crippen molar-refractivity contribution in [2.45, 2.75) is 37.5 Å². The summed E-state index contributed by atoms with van der Waals surface area (Å²) in [6.07, 6.45) is 2.86. The van der Waals surface area contributed by atoms with E-state index in [4.69, 9.17) is 4.74 Å². The summed E-state index contributed by atoms with van der Waals surface area (Å²) in [5, 5.41) is 3.05. The van der Waals surface area contributed by atoms with E-state index in [9.17, 15) is 13.2 Å². The molecule has 30 heavy (non-hydrogen) atoms. The van der Waals surface area contributed by atoms with E-state index in [0.29, 0.717) is 32.8 Å². The molecule has 0 bridgehead atoms. The third-order valence-corrected chi connectivity index (χ3v) is 7.79. The number of rotatable bonds is 6. The second-order valence-electron chi connectivity index (χ2n) is 7.90. The van der Waals surface area contributed by atoms with E-state index in [1.807, 2.05) is 42.5 Å². The van der Waals surface area contributed by atoms with Crippen LogP contribution in [0.15, 0.2) is 48.5 Å². The van der Waals surface area contributed by atoms with Crippen molar-refractivity contribution in [3.05, 3.63) is 70.8 Å². The summed E-state index contributed by atoms with van der Waals surface area (Å²) in [7, 11) is -3.42. The number of carbonyl (C=O) groups is 1. The number of benzene rings is 2. The predicted molar refractivity (Wildman–Crippen MR) is 115 cm³/mol. The van der Waals surface area contributed by atoms with Gasteiger partial charge in [-0.05, 0) is 41.5 Å². The van der Waals surface area contributed by atoms with Crippen LogP contribution in [-0.2, 0) is 38.3 Å². The Morgan fingerprint density at radius 1 is 1.03 bits per heavy atom. The minimum atomic E-state index is -3.42. The molecule has 1 amide bonds. The first-order valence-corrected chi connectivity index (χ1v) is 12.1. The predicted octanol–water partition coefficient (Wildman–Crippen LogP) is 2.58. The molecular formula is C23H28N2O4S. The van der Waals surface area contributed by atoms with Crippen LogP contribution in [-0.4, -0.2) is 44.9 Å². The van der Waals surface area contributed by atoms with E-state index in [1.54, 1.807) is 0 Å². The number of fused-ring (bicyclic) bond motifs is 1. The first-order chi connectivity index (χ1) is 14.5. The van der Waals surface area contributed by atoms with Gasteiger partial charge in [0, 0.05) is 19.6 Å². The zero-order valence-corrected chi connectivity index (χ0v) is 17.9. The highest BCUT2D eigenvalue weighted by molar-refractivity contribution is 7.88. The van der Waals surface area contributed by atoms with Gasteiger partial charge >= 0.3 is 0 Å². The van der Waals surface area contributed by atoms with E-state index in [2.05, 4.69) is 11.4 Å². The Kier molecular flexibility index (Phi) is 6.51. The minimum Gasteiger partial charge on any atom is -0.379 e. The molecule has 7 heteroatoms. The molecule has 2 aromatic rings. The quantitative estimate of drug-likeness (QED) is 0.767. The second kappa shape index (κ2) is 9.29. The lowest BCUT2D eigenvalue weighted by molar-refractivity contribution is -0.123. The monoisotopic (exact) mass is 428 g/mol. The fraction of sp³-hybridized carbons (Fsp3) is 0.435. The van der Waals surface area contributed by atoms with Crippen molar-refractivity contribution in [1.82, 2.24) is 9.62 Å². The fourth-order valence-corrected chi connectivity index (χ4v) is 5.88. The molecule has 0 aromatic heterocycles. The molecule has 0 saturated carbocycles. The topological polar surface area (TPSA) is 75.7 Å². The maximum absolute atomic E-state index is 12.9. The highest BCUT2D eigenvalue weighted by Crippen LogP contribution is 2.31. The average Bonchev–Trinajstić information content (AvgIpc) is 2.78. The molecule has 0 radical (unpaired) electrons. The Labute approximate surface area is 178 Å². The van der Waals surface area contributed by atoms with Crippen molar-refractivity contribution in [3.8, 4) is 0 Å². The van der Waals surface area contributed by atoms with Gasteiger partial charge in [-0.25, -0.2) is 8.42 Å². The minimum absolute atomic E-state index is 0.00740. The number of ether oxygens (including phenoxy) is 1. The Morgan fingerprint density at radius 2 is 1.73 bits per heavy atom. The van der Waals surface area contributed by atoms with Crippen LogP contribution in [0.25, 0.3) is 0 Å². The molecule has 1 aliphatic carbocycles. The molecule has 6 nitrogen and oxygen atoms in total. The molecule has 1 fully saturated rings. The number of sulfonamides is 1. The number of nitrogens with zero attached hydrogens (tertiary/aromatic N) is 1. The van der Waals surface area contributed by atoms with Gasteiger partial charge in [0.1, 0.15) is 0 Å². The third kappa shape index (κ3) is 4.74. The number of morpholine rings is 1. The van der Waals surface area contributed by atoms with Crippen LogP contribution >= 0.6 is 0 Å². The summed E-state index contributed by atoms with van der Waals surface area (Å²) >= 11 is 0. The number of amides is 1. The Morgan fingerprint density at radius 3 is 2.53 bits per heavy atom. The molecule has 1 aliphatic heterocycles. The lowest BCUT2D eigenvalue weighted by Gasteiger charge is -2.26. The molecule has 2 aromatic carbocycles. The van der Waals surface area contributed by atoms with Crippen LogP contribution in [0.1, 0.15) is 41.0 Å². The normalized spacial score (nSPS) is 19.8. The van der Waals surface area contributed by atoms with Crippen molar-refractivity contribution in [1.29, 1.82) is 0 Å². The van der Waals surface area contributed by atoms with Crippen LogP contribution in [0, 0.1) is 0 Å². The van der Waals surface area contributed by atoms with E-state index < -0.39 is 10.0 Å². The van der Waals surface area contributed by atoms with E-state index >= 15 is 0 Å². The second-order valence-corrected chi connectivity index (χ2v) is 9.87. The molecule has 1 saturated heterocycles. The van der Waals surface area contributed by atoms with Gasteiger partial charge in [0.25, 0.3) is 0 Å². The molecule has 1 heterocycles. The van der Waals surface area contributed by atoms with Crippen LogP contribution in [0.5, 0.6) is 0 Å². The largest absolute Gasteiger partial charge is 0.379 e. The molecule has 4 rings (SSSR count). The van der Waals surface area contributed by atoms with Crippen LogP contribution in [0.2, 0.25) is 0 Å². The lowest BCUT2D eigenvalue weighted by Crippen LogP contribution is -2.41. The Bertz CT molecular complexity index is 1000. The standard InChI is InChI=1S/C23H28N2O4S/c26-23(22-11-5-9-18-6-3-4-10-21(18)22)24-16-19-7-1-2-8-20(19)17-30(27,28)25-12-14-29-15-13-25/h1-4,6-8,10,22H,5,9,11-17H2,(H,24,26).